The van der Waals surface area contributed by atoms with Gasteiger partial charge in [-0.05, 0) is 92.6 Å². The van der Waals surface area contributed by atoms with Crippen LogP contribution in [0.1, 0.15) is 59.7 Å². The molecule has 4 amide bonds. The van der Waals surface area contributed by atoms with Gasteiger partial charge in [0.1, 0.15) is 6.04 Å². The van der Waals surface area contributed by atoms with Crippen LogP contribution in [0.3, 0.4) is 0 Å². The van der Waals surface area contributed by atoms with E-state index in [2.05, 4.69) is 65.9 Å². The molecule has 9 rings (SSSR count). The molecule has 6 aliphatic rings. The van der Waals surface area contributed by atoms with Crippen molar-refractivity contribution < 1.29 is 19.2 Å². The van der Waals surface area contributed by atoms with Crippen LogP contribution >= 0.6 is 11.6 Å². The first-order valence-electron chi connectivity index (χ1n) is 19.9. The van der Waals surface area contributed by atoms with Crippen molar-refractivity contribution in [1.29, 1.82) is 0 Å². The molecule has 1 N–H and O–H groups in total. The molecule has 1 spiro atoms. The maximum Gasteiger partial charge on any atom is 0.262 e. The van der Waals surface area contributed by atoms with Crippen LogP contribution in [0, 0.1) is 17.9 Å². The normalized spacial score (nSPS) is 24.1. The number of nitrogens with zero attached hydrogens (tertiary/aromatic N) is 7. The zero-order chi connectivity index (χ0) is 38.7. The van der Waals surface area contributed by atoms with Crippen molar-refractivity contribution in [2.75, 3.05) is 85.0 Å². The van der Waals surface area contributed by atoms with Crippen molar-refractivity contribution in [3.8, 4) is 0 Å². The van der Waals surface area contributed by atoms with Gasteiger partial charge in [0.25, 0.3) is 11.8 Å². The summed E-state index contributed by atoms with van der Waals surface area (Å²) in [5.41, 5.74) is 6.07. The fourth-order valence-corrected chi connectivity index (χ4v) is 10.2. The van der Waals surface area contributed by atoms with Crippen LogP contribution in [0.5, 0.6) is 0 Å². The van der Waals surface area contributed by atoms with Crippen molar-refractivity contribution in [2.45, 2.75) is 51.1 Å². The predicted molar refractivity (Wildman–Crippen MR) is 217 cm³/mol. The highest BCUT2D eigenvalue weighted by Crippen LogP contribution is 2.46. The number of hydrogen-bond donors (Lipinski definition) is 1. The Bertz CT molecular complexity index is 2110. The SMILES string of the molecule is [C-]#[N+]c1ccc(N2CC3(CCN(c4ccc(N5CCN(CC6CN(c7ccc8c(c7)C(=O)N(C7CCC(=O)NC7=O)C8=O)C6)CC5)cc4)CC3)C[C@@H]2C)cc1Cl. The van der Waals surface area contributed by atoms with Crippen molar-refractivity contribution in [1.82, 2.24) is 15.1 Å². The average Bonchev–Trinajstić information content (AvgIpc) is 3.64. The molecule has 0 saturated carbocycles. The molecule has 290 valence electrons. The molecule has 0 bridgehead atoms. The molecule has 6 heterocycles. The Morgan fingerprint density at radius 2 is 1.43 bits per heavy atom. The van der Waals surface area contributed by atoms with Gasteiger partial charge < -0.3 is 19.6 Å². The number of nitrogens with one attached hydrogen (secondary N) is 1. The van der Waals surface area contributed by atoms with Gasteiger partial charge in [-0.25, -0.2) is 4.85 Å². The Kier molecular flexibility index (Phi) is 9.41. The minimum atomic E-state index is -0.955. The van der Waals surface area contributed by atoms with Gasteiger partial charge in [0.15, 0.2) is 0 Å². The predicted octanol–water partition coefficient (Wildman–Crippen LogP) is 5.44. The van der Waals surface area contributed by atoms with E-state index in [4.69, 9.17) is 18.2 Å². The molecule has 5 fully saturated rings. The van der Waals surface area contributed by atoms with E-state index in [0.717, 1.165) is 81.7 Å². The van der Waals surface area contributed by atoms with E-state index in [0.29, 0.717) is 39.2 Å². The molecule has 12 nitrogen and oxygen atoms in total. The summed E-state index contributed by atoms with van der Waals surface area (Å²) in [5.74, 6) is -1.39. The minimum absolute atomic E-state index is 0.105. The van der Waals surface area contributed by atoms with Crippen LogP contribution < -0.4 is 24.9 Å². The first-order valence-corrected chi connectivity index (χ1v) is 20.3. The van der Waals surface area contributed by atoms with E-state index in [9.17, 15) is 19.2 Å². The number of piperazine rings is 1. The molecule has 5 saturated heterocycles. The molecule has 13 heteroatoms. The van der Waals surface area contributed by atoms with Crippen LogP contribution in [0.4, 0.5) is 28.4 Å². The minimum Gasteiger partial charge on any atom is -0.371 e. The Morgan fingerprint density at radius 3 is 2.09 bits per heavy atom. The maximum absolute atomic E-state index is 13.3. The number of halogens is 1. The first kappa shape index (κ1) is 36.5. The number of rotatable bonds is 7. The summed E-state index contributed by atoms with van der Waals surface area (Å²) < 4.78 is 0. The smallest absolute Gasteiger partial charge is 0.262 e. The van der Waals surface area contributed by atoms with Gasteiger partial charge >= 0.3 is 0 Å². The molecule has 0 radical (unpaired) electrons. The van der Waals surface area contributed by atoms with Gasteiger partial charge in [-0.2, -0.15) is 0 Å². The van der Waals surface area contributed by atoms with E-state index < -0.39 is 23.8 Å². The zero-order valence-electron chi connectivity index (χ0n) is 31.8. The van der Waals surface area contributed by atoms with Gasteiger partial charge in [-0.15, -0.1) is 0 Å². The number of fused-ring (bicyclic) bond motifs is 1. The summed E-state index contributed by atoms with van der Waals surface area (Å²) in [4.78, 5) is 67.2. The summed E-state index contributed by atoms with van der Waals surface area (Å²) in [6, 6.07) is 19.9. The second-order valence-corrected chi connectivity index (χ2v) is 17.1. The molecular weight excluding hydrogens is 728 g/mol. The van der Waals surface area contributed by atoms with Crippen molar-refractivity contribution in [2.24, 2.45) is 11.3 Å². The number of piperidine rings is 2. The molecule has 6 aliphatic heterocycles. The molecule has 2 atom stereocenters. The van der Waals surface area contributed by atoms with Crippen molar-refractivity contribution >= 4 is 63.7 Å². The zero-order valence-corrected chi connectivity index (χ0v) is 32.5. The number of hydrogen-bond acceptors (Lipinski definition) is 9. The fraction of sp³-hybridized carbons (Fsp3) is 0.465. The number of benzene rings is 3. The van der Waals surface area contributed by atoms with E-state index in [1.807, 2.05) is 24.3 Å². The second-order valence-electron chi connectivity index (χ2n) is 16.7. The standard InChI is InChI=1S/C43H47ClN8O4/c1-28-23-43(27-51(28)33-8-10-37(45-2)36(44)22-33)13-15-48(16-14-43)30-3-5-31(6-4-30)49-19-17-47(18-20-49)24-29-25-50(26-29)32-7-9-34-35(21-32)42(56)52(41(34)55)38-11-12-39(53)46-40(38)54/h3-10,21-22,28-29,38H,11-20,23-27H2,1H3,(H,46,53,54)/t28-,38?/m0/s1. The van der Waals surface area contributed by atoms with Gasteiger partial charge in [0.05, 0.1) is 17.7 Å². The molecule has 56 heavy (non-hydrogen) atoms. The van der Waals surface area contributed by atoms with Gasteiger partial charge in [-0.1, -0.05) is 17.7 Å². The highest BCUT2D eigenvalue weighted by atomic mass is 35.5. The maximum atomic E-state index is 13.3. The molecule has 0 aliphatic carbocycles. The van der Waals surface area contributed by atoms with Crippen molar-refractivity contribution in [3.05, 3.63) is 88.2 Å². The summed E-state index contributed by atoms with van der Waals surface area (Å²) in [6.07, 6.45) is 3.78. The molecular formula is C43H47ClN8O4. The largest absolute Gasteiger partial charge is 0.371 e. The van der Waals surface area contributed by atoms with Gasteiger partial charge in [-0.3, -0.25) is 34.3 Å². The topological polar surface area (TPSA) is 104 Å². The number of imide groups is 2. The molecule has 3 aromatic rings. The lowest BCUT2D eigenvalue weighted by Gasteiger charge is -2.45. The quantitative estimate of drug-likeness (QED) is 0.249. The third-order valence-corrected chi connectivity index (χ3v) is 13.5. The Balaban J connectivity index is 0.725. The van der Waals surface area contributed by atoms with E-state index in [1.165, 1.54) is 30.6 Å². The second kappa shape index (κ2) is 14.4. The summed E-state index contributed by atoms with van der Waals surface area (Å²) in [5, 5.41) is 2.78. The Morgan fingerprint density at radius 1 is 0.786 bits per heavy atom. The van der Waals surface area contributed by atoms with E-state index in [-0.39, 0.29) is 18.7 Å². The highest BCUT2D eigenvalue weighted by Gasteiger charge is 2.46. The van der Waals surface area contributed by atoms with Gasteiger partial charge in [0, 0.05) is 112 Å². The number of carbonyl (C=O) groups excluding carboxylic acids is 4. The van der Waals surface area contributed by atoms with E-state index >= 15 is 0 Å². The number of carbonyl (C=O) groups is 4. The Hall–Kier alpha value is -5.12. The van der Waals surface area contributed by atoms with Gasteiger partial charge in [0.2, 0.25) is 17.5 Å². The lowest BCUT2D eigenvalue weighted by molar-refractivity contribution is -0.136. The lowest BCUT2D eigenvalue weighted by Crippen LogP contribution is -2.55. The van der Waals surface area contributed by atoms with Crippen LogP contribution in [0.15, 0.2) is 60.7 Å². The van der Waals surface area contributed by atoms with Crippen LogP contribution in [0.25, 0.3) is 4.85 Å². The highest BCUT2D eigenvalue weighted by molar-refractivity contribution is 6.33. The van der Waals surface area contributed by atoms with Crippen molar-refractivity contribution in [3.63, 3.8) is 0 Å². The molecule has 1 unspecified atom stereocenters. The Labute approximate surface area is 332 Å². The number of anilines is 4. The summed E-state index contributed by atoms with van der Waals surface area (Å²) >= 11 is 6.40. The summed E-state index contributed by atoms with van der Waals surface area (Å²) in [6.45, 7) is 19.6. The third kappa shape index (κ3) is 6.64. The lowest BCUT2D eigenvalue weighted by atomic mass is 9.76. The average molecular weight is 775 g/mol. The van der Waals surface area contributed by atoms with E-state index in [1.54, 1.807) is 12.1 Å². The molecule has 3 aromatic carbocycles. The number of amides is 4. The van der Waals surface area contributed by atoms with Crippen LogP contribution in [-0.4, -0.2) is 111 Å². The first-order chi connectivity index (χ1) is 27.1. The fourth-order valence-electron chi connectivity index (χ4n) is 10.0. The van der Waals surface area contributed by atoms with Crippen LogP contribution in [0.2, 0.25) is 5.02 Å². The van der Waals surface area contributed by atoms with Crippen LogP contribution in [-0.2, 0) is 9.59 Å². The monoisotopic (exact) mass is 774 g/mol. The summed E-state index contributed by atoms with van der Waals surface area (Å²) in [7, 11) is 0. The third-order valence-electron chi connectivity index (χ3n) is 13.2. The molecule has 0 aromatic heterocycles.